The summed E-state index contributed by atoms with van der Waals surface area (Å²) in [5.41, 5.74) is -0.0904. The first-order valence-electron chi connectivity index (χ1n) is 6.96. The zero-order valence-corrected chi connectivity index (χ0v) is 14.4. The Kier molecular flexibility index (Phi) is 5.17. The minimum absolute atomic E-state index is 0.206. The molecule has 25 heavy (non-hydrogen) atoms. The molecule has 0 aliphatic rings. The highest BCUT2D eigenvalue weighted by molar-refractivity contribution is 7.92. The van der Waals surface area contributed by atoms with Gasteiger partial charge < -0.3 is 19.4 Å². The van der Waals surface area contributed by atoms with Crippen molar-refractivity contribution in [2.45, 2.75) is 11.8 Å². The number of methoxy groups -OCH3 is 2. The van der Waals surface area contributed by atoms with E-state index >= 15 is 0 Å². The number of rotatable bonds is 6. The number of aromatic carboxylic acids is 1. The molecule has 0 amide bonds. The number of ether oxygens (including phenoxy) is 2. The lowest BCUT2D eigenvalue weighted by Gasteiger charge is -2.15. The summed E-state index contributed by atoms with van der Waals surface area (Å²) >= 11 is 0. The molecule has 0 aliphatic carbocycles. The molecule has 2 rings (SSSR count). The maximum atomic E-state index is 13.4. The topological polar surface area (TPSA) is 105 Å². The number of carbonyl (C=O) groups excluding carboxylic acids is 1. The van der Waals surface area contributed by atoms with Crippen LogP contribution < -0.4 is 19.3 Å². The van der Waals surface area contributed by atoms with Gasteiger partial charge in [0, 0.05) is 11.6 Å². The van der Waals surface area contributed by atoms with Crippen molar-refractivity contribution in [1.82, 2.24) is 0 Å². The third-order valence-electron chi connectivity index (χ3n) is 3.44. The van der Waals surface area contributed by atoms with Crippen molar-refractivity contribution < 1.29 is 32.2 Å². The molecule has 1 N–H and O–H groups in total. The highest BCUT2D eigenvalue weighted by atomic mass is 32.2. The van der Waals surface area contributed by atoms with Crippen LogP contribution >= 0.6 is 0 Å². The van der Waals surface area contributed by atoms with Crippen LogP contribution in [0.1, 0.15) is 15.9 Å². The standard InChI is InChI=1S/C16H16FNO6S/c1-9-6-14(23-2)15(24-3)8-13(9)18-25(21,22)10-4-5-12(17)11(7-10)16(19)20/h4-8,18H,1-3H3,(H,19,20)/p-1. The molecule has 9 heteroatoms. The average molecular weight is 368 g/mol. The first-order chi connectivity index (χ1) is 11.7. The monoisotopic (exact) mass is 368 g/mol. The van der Waals surface area contributed by atoms with E-state index in [1.807, 2.05) is 0 Å². The summed E-state index contributed by atoms with van der Waals surface area (Å²) in [5.74, 6) is -2.16. The van der Waals surface area contributed by atoms with E-state index in [1.54, 1.807) is 13.0 Å². The quantitative estimate of drug-likeness (QED) is 0.824. The van der Waals surface area contributed by atoms with Gasteiger partial charge in [-0.15, -0.1) is 0 Å². The number of carboxylic acid groups (broad SMARTS) is 1. The van der Waals surface area contributed by atoms with Crippen LogP contribution in [-0.4, -0.2) is 28.6 Å². The Morgan fingerprint density at radius 1 is 1.12 bits per heavy atom. The second kappa shape index (κ2) is 6.98. The summed E-state index contributed by atoms with van der Waals surface area (Å²) in [4.78, 5) is 10.5. The fourth-order valence-electron chi connectivity index (χ4n) is 2.12. The van der Waals surface area contributed by atoms with Crippen molar-refractivity contribution in [1.29, 1.82) is 0 Å². The minimum atomic E-state index is -4.16. The summed E-state index contributed by atoms with van der Waals surface area (Å²) in [7, 11) is -1.31. The molecule has 0 spiro atoms. The number of hydrogen-bond acceptors (Lipinski definition) is 6. The van der Waals surface area contributed by atoms with E-state index in [2.05, 4.69) is 4.72 Å². The van der Waals surface area contributed by atoms with Crippen LogP contribution in [0.2, 0.25) is 0 Å². The lowest BCUT2D eigenvalue weighted by atomic mass is 10.2. The molecule has 0 bridgehead atoms. The molecule has 0 radical (unpaired) electrons. The summed E-state index contributed by atoms with van der Waals surface area (Å²) < 4.78 is 50.9. The zero-order chi connectivity index (χ0) is 18.8. The van der Waals surface area contributed by atoms with Crippen molar-refractivity contribution in [3.8, 4) is 11.5 Å². The minimum Gasteiger partial charge on any atom is -0.545 e. The second-order valence-corrected chi connectivity index (χ2v) is 6.74. The average Bonchev–Trinajstić information content (AvgIpc) is 2.56. The largest absolute Gasteiger partial charge is 0.545 e. The number of benzene rings is 2. The fourth-order valence-corrected chi connectivity index (χ4v) is 3.27. The number of nitrogens with one attached hydrogen (secondary N) is 1. The molecule has 0 saturated heterocycles. The Morgan fingerprint density at radius 3 is 2.28 bits per heavy atom. The van der Waals surface area contributed by atoms with Gasteiger partial charge in [0.2, 0.25) is 0 Å². The van der Waals surface area contributed by atoms with E-state index in [1.165, 1.54) is 20.3 Å². The predicted molar refractivity (Wildman–Crippen MR) is 85.8 cm³/mol. The van der Waals surface area contributed by atoms with Crippen molar-refractivity contribution in [3.63, 3.8) is 0 Å². The van der Waals surface area contributed by atoms with Gasteiger partial charge in [0.05, 0.1) is 30.8 Å². The normalized spacial score (nSPS) is 11.0. The molecular formula is C16H15FNO6S-. The number of carbonyl (C=O) groups is 1. The molecule has 0 saturated carbocycles. The van der Waals surface area contributed by atoms with Crippen molar-refractivity contribution in [2.24, 2.45) is 0 Å². The van der Waals surface area contributed by atoms with Gasteiger partial charge in [-0.2, -0.15) is 0 Å². The lowest BCUT2D eigenvalue weighted by Crippen LogP contribution is -2.24. The highest BCUT2D eigenvalue weighted by Gasteiger charge is 2.19. The van der Waals surface area contributed by atoms with Crippen molar-refractivity contribution in [2.75, 3.05) is 18.9 Å². The van der Waals surface area contributed by atoms with E-state index in [0.717, 1.165) is 12.1 Å². The molecule has 7 nitrogen and oxygen atoms in total. The van der Waals surface area contributed by atoms with Crippen molar-refractivity contribution in [3.05, 3.63) is 47.3 Å². The van der Waals surface area contributed by atoms with Crippen molar-refractivity contribution >= 4 is 21.7 Å². The fraction of sp³-hybridized carbons (Fsp3) is 0.188. The Bertz CT molecular complexity index is 926. The second-order valence-electron chi connectivity index (χ2n) is 5.06. The van der Waals surface area contributed by atoms with Gasteiger partial charge >= 0.3 is 0 Å². The number of aryl methyl sites for hydroxylation is 1. The summed E-state index contributed by atoms with van der Waals surface area (Å²) in [6.45, 7) is 1.65. The molecule has 0 unspecified atom stereocenters. The maximum absolute atomic E-state index is 13.4. The van der Waals surface area contributed by atoms with Crippen LogP contribution in [0.3, 0.4) is 0 Å². The van der Waals surface area contributed by atoms with Crippen LogP contribution in [0.15, 0.2) is 35.2 Å². The molecule has 2 aromatic carbocycles. The molecule has 0 aromatic heterocycles. The first kappa shape index (κ1) is 18.5. The maximum Gasteiger partial charge on any atom is 0.261 e. The third-order valence-corrected chi connectivity index (χ3v) is 4.81. The third kappa shape index (κ3) is 3.82. The predicted octanol–water partition coefficient (Wildman–Crippen LogP) is 1.32. The lowest BCUT2D eigenvalue weighted by molar-refractivity contribution is -0.255. The van der Waals surface area contributed by atoms with Gasteiger partial charge in [-0.05, 0) is 36.8 Å². The molecule has 2 aromatic rings. The number of anilines is 1. The highest BCUT2D eigenvalue weighted by Crippen LogP contribution is 2.34. The van der Waals surface area contributed by atoms with Crippen LogP contribution in [0.5, 0.6) is 11.5 Å². The van der Waals surface area contributed by atoms with Gasteiger partial charge in [0.15, 0.2) is 11.5 Å². The molecule has 0 aliphatic heterocycles. The molecule has 134 valence electrons. The number of carboxylic acids is 1. The molecular weight excluding hydrogens is 353 g/mol. The van der Waals surface area contributed by atoms with E-state index in [9.17, 15) is 22.7 Å². The van der Waals surface area contributed by atoms with E-state index in [4.69, 9.17) is 9.47 Å². The Hall–Kier alpha value is -2.81. The van der Waals surface area contributed by atoms with Gasteiger partial charge in [-0.25, -0.2) is 12.8 Å². The van der Waals surface area contributed by atoms with E-state index in [-0.39, 0.29) is 5.69 Å². The van der Waals surface area contributed by atoms with Gasteiger partial charge in [-0.3, -0.25) is 4.72 Å². The van der Waals surface area contributed by atoms with E-state index < -0.39 is 32.3 Å². The number of hydrogen-bond donors (Lipinski definition) is 1. The smallest absolute Gasteiger partial charge is 0.261 e. The Balaban J connectivity index is 2.46. The van der Waals surface area contributed by atoms with Crippen LogP contribution in [0, 0.1) is 12.7 Å². The number of halogens is 1. The summed E-state index contributed by atoms with van der Waals surface area (Å²) in [6, 6.07) is 5.41. The molecule has 0 fully saturated rings. The van der Waals surface area contributed by atoms with Crippen LogP contribution in [0.25, 0.3) is 0 Å². The van der Waals surface area contributed by atoms with Gasteiger partial charge in [-0.1, -0.05) is 0 Å². The van der Waals surface area contributed by atoms with Gasteiger partial charge in [0.25, 0.3) is 10.0 Å². The first-order valence-corrected chi connectivity index (χ1v) is 8.44. The number of sulfonamides is 1. The summed E-state index contributed by atoms with van der Waals surface area (Å²) in [6.07, 6.45) is 0. The zero-order valence-electron chi connectivity index (χ0n) is 13.6. The van der Waals surface area contributed by atoms with Gasteiger partial charge in [0.1, 0.15) is 5.82 Å². The van der Waals surface area contributed by atoms with Crippen LogP contribution in [0.4, 0.5) is 10.1 Å². The van der Waals surface area contributed by atoms with Crippen LogP contribution in [-0.2, 0) is 10.0 Å². The SMILES string of the molecule is COc1cc(C)c(NS(=O)(=O)c2ccc(F)c(C(=O)[O-])c2)cc1OC. The molecule has 0 heterocycles. The summed E-state index contributed by atoms with van der Waals surface area (Å²) in [5, 5.41) is 10.9. The Morgan fingerprint density at radius 2 is 1.72 bits per heavy atom. The van der Waals surface area contributed by atoms with E-state index in [0.29, 0.717) is 23.1 Å². The Labute approximate surface area is 144 Å². The molecule has 0 atom stereocenters.